The molecule has 4 heterocycles. The Morgan fingerprint density at radius 1 is 1.32 bits per heavy atom. The third kappa shape index (κ3) is 1.99. The molecule has 0 aliphatic carbocycles. The number of anilines is 2. The lowest BCUT2D eigenvalue weighted by Crippen LogP contribution is -2.23. The van der Waals surface area contributed by atoms with Gasteiger partial charge in [0.15, 0.2) is 11.5 Å². The number of aryl methyl sites for hydroxylation is 2. The number of aromatic nitrogens is 6. The maximum Gasteiger partial charge on any atom is 0.224 e. The highest BCUT2D eigenvalue weighted by Crippen LogP contribution is 2.30. The summed E-state index contributed by atoms with van der Waals surface area (Å²) in [6, 6.07) is 2.46. The largest absolute Gasteiger partial charge is 0.368 e. The summed E-state index contributed by atoms with van der Waals surface area (Å²) in [5.74, 6) is 1.08. The molecule has 1 aliphatic heterocycles. The van der Waals surface area contributed by atoms with E-state index in [1.807, 2.05) is 6.92 Å². The molecule has 8 nitrogen and oxygen atoms in total. The molecule has 0 spiro atoms. The number of nitrogens with one attached hydrogen (secondary N) is 1. The van der Waals surface area contributed by atoms with Crippen molar-refractivity contribution in [2.75, 3.05) is 23.7 Å². The van der Waals surface area contributed by atoms with Crippen LogP contribution in [0.3, 0.4) is 0 Å². The normalized spacial score (nSPS) is 18.5. The van der Waals surface area contributed by atoms with E-state index in [9.17, 15) is 0 Å². The van der Waals surface area contributed by atoms with Gasteiger partial charge in [0.25, 0.3) is 0 Å². The van der Waals surface area contributed by atoms with Crippen molar-refractivity contribution >= 4 is 22.9 Å². The van der Waals surface area contributed by atoms with Crippen LogP contribution in [-0.4, -0.2) is 42.8 Å². The maximum atomic E-state index is 5.80. The highest BCUT2D eigenvalue weighted by Gasteiger charge is 2.28. The minimum absolute atomic E-state index is 0.254. The van der Waals surface area contributed by atoms with Crippen molar-refractivity contribution in [2.45, 2.75) is 26.3 Å². The standard InChI is InChI=1S/C14H18N8/c1-8-5-9(2)22(20-8)10-3-4-21(6-10)13-11-12(17-7-16-11)18-14(15)19-13/h5,7,10H,3-4,6H2,1-2H3,(H3,15,16,17,18,19)/t10-/m1/s1. The number of hydrogen-bond acceptors (Lipinski definition) is 6. The quantitative estimate of drug-likeness (QED) is 0.737. The number of imidazole rings is 1. The average molecular weight is 298 g/mol. The Morgan fingerprint density at radius 3 is 2.95 bits per heavy atom. The molecule has 1 atom stereocenters. The Bertz CT molecular complexity index is 833. The summed E-state index contributed by atoms with van der Waals surface area (Å²) >= 11 is 0. The van der Waals surface area contributed by atoms with Crippen LogP contribution in [0.4, 0.5) is 11.8 Å². The number of nitrogen functional groups attached to an aromatic ring is 1. The first-order valence-corrected chi connectivity index (χ1v) is 7.36. The fourth-order valence-corrected chi connectivity index (χ4v) is 3.21. The highest BCUT2D eigenvalue weighted by molar-refractivity contribution is 5.84. The fraction of sp³-hybridized carbons (Fsp3) is 0.429. The van der Waals surface area contributed by atoms with Crippen molar-refractivity contribution in [1.29, 1.82) is 0 Å². The van der Waals surface area contributed by atoms with Gasteiger partial charge >= 0.3 is 0 Å². The summed E-state index contributed by atoms with van der Waals surface area (Å²) < 4.78 is 2.12. The van der Waals surface area contributed by atoms with Crippen molar-refractivity contribution in [3.05, 3.63) is 23.8 Å². The van der Waals surface area contributed by atoms with Gasteiger partial charge in [-0.1, -0.05) is 0 Å². The molecule has 1 fully saturated rings. The van der Waals surface area contributed by atoms with E-state index < -0.39 is 0 Å². The summed E-state index contributed by atoms with van der Waals surface area (Å²) in [6.45, 7) is 5.88. The molecule has 1 saturated heterocycles. The molecule has 0 amide bonds. The van der Waals surface area contributed by atoms with Gasteiger partial charge in [-0.15, -0.1) is 0 Å². The lowest BCUT2D eigenvalue weighted by molar-refractivity contribution is 0.481. The molecule has 4 rings (SSSR count). The van der Waals surface area contributed by atoms with Crippen LogP contribution in [0.1, 0.15) is 23.9 Å². The topological polar surface area (TPSA) is 102 Å². The maximum absolute atomic E-state index is 5.80. The predicted octanol–water partition coefficient (Wildman–Crippen LogP) is 1.20. The lowest BCUT2D eigenvalue weighted by atomic mass is 10.2. The Kier molecular flexibility index (Phi) is 2.78. The molecule has 0 bridgehead atoms. The Morgan fingerprint density at radius 2 is 2.18 bits per heavy atom. The smallest absolute Gasteiger partial charge is 0.224 e. The van der Waals surface area contributed by atoms with Crippen LogP contribution < -0.4 is 10.6 Å². The van der Waals surface area contributed by atoms with E-state index in [1.54, 1.807) is 6.33 Å². The number of aromatic amines is 1. The van der Waals surface area contributed by atoms with Gasteiger partial charge in [0.05, 0.1) is 18.1 Å². The third-order valence-electron chi connectivity index (χ3n) is 4.14. The minimum Gasteiger partial charge on any atom is -0.368 e. The molecule has 3 aromatic rings. The average Bonchev–Trinajstić information content (AvgIpc) is 3.17. The van der Waals surface area contributed by atoms with Crippen molar-refractivity contribution in [3.8, 4) is 0 Å². The third-order valence-corrected chi connectivity index (χ3v) is 4.14. The van der Waals surface area contributed by atoms with E-state index in [0.717, 1.165) is 36.5 Å². The SMILES string of the molecule is Cc1cc(C)n([C@@H]2CCN(c3nc(N)nc4nc[nH]c34)C2)n1. The van der Waals surface area contributed by atoms with Crippen LogP contribution in [0.15, 0.2) is 12.4 Å². The summed E-state index contributed by atoms with van der Waals surface area (Å²) in [6.07, 6.45) is 2.65. The summed E-state index contributed by atoms with van der Waals surface area (Å²) in [5, 5.41) is 4.60. The number of fused-ring (bicyclic) bond motifs is 1. The van der Waals surface area contributed by atoms with Crippen molar-refractivity contribution < 1.29 is 0 Å². The van der Waals surface area contributed by atoms with E-state index in [-0.39, 0.29) is 5.95 Å². The number of H-pyrrole nitrogens is 1. The summed E-state index contributed by atoms with van der Waals surface area (Å²) in [7, 11) is 0. The Labute approximate surface area is 127 Å². The molecule has 3 aromatic heterocycles. The first-order valence-electron chi connectivity index (χ1n) is 7.36. The van der Waals surface area contributed by atoms with E-state index in [2.05, 4.69) is 47.6 Å². The Balaban J connectivity index is 1.67. The second-order valence-electron chi connectivity index (χ2n) is 5.77. The zero-order valence-corrected chi connectivity index (χ0v) is 12.6. The molecule has 8 heteroatoms. The van der Waals surface area contributed by atoms with Crippen molar-refractivity contribution in [2.24, 2.45) is 0 Å². The van der Waals surface area contributed by atoms with E-state index in [4.69, 9.17) is 5.73 Å². The first kappa shape index (κ1) is 13.1. The zero-order valence-electron chi connectivity index (χ0n) is 12.6. The molecular formula is C14H18N8. The lowest BCUT2D eigenvalue weighted by Gasteiger charge is -2.18. The molecule has 0 radical (unpaired) electrons. The van der Waals surface area contributed by atoms with Crippen LogP contribution in [0.2, 0.25) is 0 Å². The number of nitrogens with zero attached hydrogens (tertiary/aromatic N) is 6. The van der Waals surface area contributed by atoms with Gasteiger partial charge in [-0.05, 0) is 26.3 Å². The molecular weight excluding hydrogens is 280 g/mol. The van der Waals surface area contributed by atoms with E-state index in [1.165, 1.54) is 5.69 Å². The van der Waals surface area contributed by atoms with Gasteiger partial charge in [0.2, 0.25) is 5.95 Å². The van der Waals surface area contributed by atoms with Crippen LogP contribution in [0.5, 0.6) is 0 Å². The van der Waals surface area contributed by atoms with Gasteiger partial charge in [-0.25, -0.2) is 4.98 Å². The predicted molar refractivity (Wildman–Crippen MR) is 83.7 cm³/mol. The molecule has 0 aromatic carbocycles. The monoisotopic (exact) mass is 298 g/mol. The van der Waals surface area contributed by atoms with E-state index in [0.29, 0.717) is 11.7 Å². The van der Waals surface area contributed by atoms with Gasteiger partial charge < -0.3 is 15.6 Å². The summed E-state index contributed by atoms with van der Waals surface area (Å²) in [5.41, 5.74) is 9.50. The first-order chi connectivity index (χ1) is 10.6. The number of hydrogen-bond donors (Lipinski definition) is 2. The van der Waals surface area contributed by atoms with E-state index >= 15 is 0 Å². The number of rotatable bonds is 2. The van der Waals surface area contributed by atoms with Crippen LogP contribution in [-0.2, 0) is 0 Å². The van der Waals surface area contributed by atoms with Gasteiger partial charge in [0.1, 0.15) is 5.52 Å². The van der Waals surface area contributed by atoms with Crippen LogP contribution >= 0.6 is 0 Å². The minimum atomic E-state index is 0.254. The molecule has 3 N–H and O–H groups in total. The molecule has 114 valence electrons. The van der Waals surface area contributed by atoms with Gasteiger partial charge in [-0.2, -0.15) is 15.1 Å². The van der Waals surface area contributed by atoms with Crippen LogP contribution in [0.25, 0.3) is 11.2 Å². The molecule has 22 heavy (non-hydrogen) atoms. The number of nitrogens with two attached hydrogens (primary N) is 1. The van der Waals surface area contributed by atoms with Crippen molar-refractivity contribution in [3.63, 3.8) is 0 Å². The highest BCUT2D eigenvalue weighted by atomic mass is 15.4. The van der Waals surface area contributed by atoms with Gasteiger partial charge in [-0.3, -0.25) is 4.68 Å². The fourth-order valence-electron chi connectivity index (χ4n) is 3.21. The van der Waals surface area contributed by atoms with Crippen LogP contribution in [0, 0.1) is 13.8 Å². The van der Waals surface area contributed by atoms with Gasteiger partial charge in [0, 0.05) is 18.8 Å². The second kappa shape index (κ2) is 4.69. The molecule has 1 aliphatic rings. The summed E-state index contributed by atoms with van der Waals surface area (Å²) in [4.78, 5) is 18.0. The second-order valence-corrected chi connectivity index (χ2v) is 5.77. The Hall–Kier alpha value is -2.64. The zero-order chi connectivity index (χ0) is 15.3. The molecule has 0 saturated carbocycles. The molecule has 0 unspecified atom stereocenters. The van der Waals surface area contributed by atoms with Crippen molar-refractivity contribution in [1.82, 2.24) is 29.7 Å².